The Bertz CT molecular complexity index is 186. The molecule has 0 radical (unpaired) electrons. The highest BCUT2D eigenvalue weighted by atomic mass is 32.1. The number of allylic oxidation sites excluding steroid dienone is 1. The monoisotopic (exact) mass is 176 g/mol. The maximum Gasteiger partial charge on any atom is 0.165 e. The van der Waals surface area contributed by atoms with E-state index in [0.717, 1.165) is 0 Å². The first-order valence-electron chi connectivity index (χ1n) is 2.61. The van der Waals surface area contributed by atoms with Crippen molar-refractivity contribution in [3.63, 3.8) is 0 Å². The summed E-state index contributed by atoms with van der Waals surface area (Å²) in [6.45, 7) is 2.73. The Kier molecular flexibility index (Phi) is 3.60. The van der Waals surface area contributed by atoms with Crippen molar-refractivity contribution in [1.29, 1.82) is 0 Å². The van der Waals surface area contributed by atoms with E-state index >= 15 is 0 Å². The lowest BCUT2D eigenvalue weighted by Gasteiger charge is -1.99. The molecule has 0 bridgehead atoms. The first-order valence-corrected chi connectivity index (χ1v) is 3.46. The van der Waals surface area contributed by atoms with Gasteiger partial charge in [0.25, 0.3) is 0 Å². The molecule has 0 aromatic rings. The van der Waals surface area contributed by atoms with Crippen molar-refractivity contribution in [3.05, 3.63) is 11.3 Å². The number of ketones is 1. The van der Waals surface area contributed by atoms with E-state index in [1.165, 1.54) is 13.8 Å². The van der Waals surface area contributed by atoms with Gasteiger partial charge in [0.05, 0.1) is 9.77 Å². The number of thiol groups is 1. The van der Waals surface area contributed by atoms with Crippen LogP contribution in [0.2, 0.25) is 0 Å². The predicted molar refractivity (Wildman–Crippen MR) is 47.6 cm³/mol. The van der Waals surface area contributed by atoms with Gasteiger partial charge in [-0.3, -0.25) is 4.79 Å². The highest BCUT2D eigenvalue weighted by Crippen LogP contribution is 2.07. The summed E-state index contributed by atoms with van der Waals surface area (Å²) in [5, 5.41) is 8.88. The second kappa shape index (κ2) is 3.73. The lowest BCUT2D eigenvalue weighted by atomic mass is 10.2. The van der Waals surface area contributed by atoms with E-state index in [2.05, 4.69) is 24.8 Å². The van der Waals surface area contributed by atoms with E-state index < -0.39 is 0 Å². The van der Waals surface area contributed by atoms with Gasteiger partial charge in [0, 0.05) is 0 Å². The molecule has 0 aromatic heterocycles. The van der Waals surface area contributed by atoms with Crippen LogP contribution in [0.15, 0.2) is 11.3 Å². The highest BCUT2D eigenvalue weighted by molar-refractivity contribution is 8.12. The molecule has 0 amide bonds. The van der Waals surface area contributed by atoms with Gasteiger partial charge in [-0.05, 0) is 13.8 Å². The van der Waals surface area contributed by atoms with Crippen LogP contribution in [0.1, 0.15) is 13.8 Å². The zero-order valence-corrected chi connectivity index (χ0v) is 7.42. The van der Waals surface area contributed by atoms with Crippen LogP contribution in [0.3, 0.4) is 0 Å². The summed E-state index contributed by atoms with van der Waals surface area (Å²) < 4.78 is 0.132. The van der Waals surface area contributed by atoms with Crippen molar-refractivity contribution >= 4 is 34.8 Å². The third kappa shape index (κ3) is 2.49. The fraction of sp³-hybridized carbons (Fsp3) is 0.333. The standard InChI is InChI=1S/C6H8O2S2/c1-3(7)5(4(2)8)6(9)10/h7H,1-2H3,(H,9,10)/b5-3-. The topological polar surface area (TPSA) is 37.3 Å². The van der Waals surface area contributed by atoms with Gasteiger partial charge in [0.1, 0.15) is 5.76 Å². The van der Waals surface area contributed by atoms with Crippen LogP contribution in [-0.2, 0) is 4.79 Å². The number of hydrogen-bond donors (Lipinski definition) is 2. The molecule has 0 aliphatic rings. The van der Waals surface area contributed by atoms with Crippen molar-refractivity contribution in [2.24, 2.45) is 0 Å². The molecule has 10 heavy (non-hydrogen) atoms. The van der Waals surface area contributed by atoms with Crippen molar-refractivity contribution < 1.29 is 9.90 Å². The Morgan fingerprint density at radius 1 is 1.50 bits per heavy atom. The zero-order chi connectivity index (χ0) is 8.31. The molecule has 4 heteroatoms. The summed E-state index contributed by atoms with van der Waals surface area (Å²) in [7, 11) is 0. The van der Waals surface area contributed by atoms with Crippen molar-refractivity contribution in [3.8, 4) is 0 Å². The maximum absolute atomic E-state index is 10.7. The van der Waals surface area contributed by atoms with Crippen molar-refractivity contribution in [2.75, 3.05) is 0 Å². The molecule has 0 unspecified atom stereocenters. The number of rotatable bonds is 2. The van der Waals surface area contributed by atoms with Gasteiger partial charge in [-0.25, -0.2) is 0 Å². The Morgan fingerprint density at radius 3 is 1.90 bits per heavy atom. The van der Waals surface area contributed by atoms with Gasteiger partial charge < -0.3 is 5.11 Å². The minimum Gasteiger partial charge on any atom is -0.512 e. The van der Waals surface area contributed by atoms with Crippen LogP contribution < -0.4 is 0 Å². The number of aliphatic hydroxyl groups is 1. The molecule has 56 valence electrons. The summed E-state index contributed by atoms with van der Waals surface area (Å²) >= 11 is 8.36. The first-order chi connectivity index (χ1) is 4.46. The average molecular weight is 176 g/mol. The summed E-state index contributed by atoms with van der Waals surface area (Å²) in [5.74, 6) is -0.340. The molecule has 0 aliphatic carbocycles. The molecular formula is C6H8O2S2. The molecule has 0 heterocycles. The molecule has 0 aromatic carbocycles. The summed E-state index contributed by atoms with van der Waals surface area (Å²) in [6.07, 6.45) is 0. The SMILES string of the molecule is CC(=O)/C(C(=S)S)=C(\C)O. The van der Waals surface area contributed by atoms with E-state index in [4.69, 9.17) is 5.11 Å². The highest BCUT2D eigenvalue weighted by Gasteiger charge is 2.09. The minimum atomic E-state index is -0.264. The van der Waals surface area contributed by atoms with E-state index in [0.29, 0.717) is 0 Å². The summed E-state index contributed by atoms with van der Waals surface area (Å²) in [5.41, 5.74) is 0.123. The second-order valence-electron chi connectivity index (χ2n) is 1.82. The van der Waals surface area contributed by atoms with E-state index in [1.54, 1.807) is 0 Å². The first kappa shape index (κ1) is 9.65. The van der Waals surface area contributed by atoms with Gasteiger partial charge in [-0.1, -0.05) is 12.2 Å². The van der Waals surface area contributed by atoms with Crippen molar-refractivity contribution in [1.82, 2.24) is 0 Å². The third-order valence-electron chi connectivity index (χ3n) is 0.928. The summed E-state index contributed by atoms with van der Waals surface area (Å²) in [6, 6.07) is 0. The van der Waals surface area contributed by atoms with E-state index in [-0.39, 0.29) is 21.3 Å². The quantitative estimate of drug-likeness (QED) is 0.291. The summed E-state index contributed by atoms with van der Waals surface area (Å²) in [4.78, 5) is 10.7. The molecule has 0 aliphatic heterocycles. The molecule has 1 N–H and O–H groups in total. The number of carbonyl (C=O) groups excluding carboxylic acids is 1. The van der Waals surface area contributed by atoms with Crippen LogP contribution in [0.5, 0.6) is 0 Å². The second-order valence-corrected chi connectivity index (χ2v) is 2.98. The van der Waals surface area contributed by atoms with Gasteiger partial charge in [-0.2, -0.15) is 0 Å². The van der Waals surface area contributed by atoms with Crippen LogP contribution in [0, 0.1) is 0 Å². The fourth-order valence-electron chi connectivity index (χ4n) is 0.560. The Morgan fingerprint density at radius 2 is 1.90 bits per heavy atom. The molecule has 0 spiro atoms. The van der Waals surface area contributed by atoms with Crippen LogP contribution in [0.4, 0.5) is 0 Å². The Hall–Kier alpha value is -0.350. The van der Waals surface area contributed by atoms with Crippen LogP contribution in [0.25, 0.3) is 0 Å². The van der Waals surface area contributed by atoms with Gasteiger partial charge in [0.2, 0.25) is 0 Å². The van der Waals surface area contributed by atoms with Crippen LogP contribution >= 0.6 is 24.8 Å². The van der Waals surface area contributed by atoms with Gasteiger partial charge in [0.15, 0.2) is 5.78 Å². The smallest absolute Gasteiger partial charge is 0.165 e. The minimum absolute atomic E-state index is 0.0764. The van der Waals surface area contributed by atoms with Crippen LogP contribution in [-0.4, -0.2) is 15.1 Å². The number of aliphatic hydroxyl groups excluding tert-OH is 1. The largest absolute Gasteiger partial charge is 0.512 e. The molecular weight excluding hydrogens is 168 g/mol. The van der Waals surface area contributed by atoms with E-state index in [1.807, 2.05) is 0 Å². The lowest BCUT2D eigenvalue weighted by molar-refractivity contribution is -0.113. The molecule has 2 nitrogen and oxygen atoms in total. The average Bonchev–Trinajstić information content (AvgIpc) is 1.59. The number of thiocarbonyl (C=S) groups is 1. The lowest BCUT2D eigenvalue weighted by Crippen LogP contribution is -2.05. The number of Topliss-reactive ketones (excluding diaryl/α,β-unsaturated/α-hetero) is 1. The maximum atomic E-state index is 10.7. The Labute approximate surface area is 70.3 Å². The molecule has 0 rings (SSSR count). The number of carbonyl (C=O) groups is 1. The molecule has 0 fully saturated rings. The Balaban J connectivity index is 4.79. The zero-order valence-electron chi connectivity index (χ0n) is 5.71. The molecule has 0 saturated carbocycles. The van der Waals surface area contributed by atoms with E-state index in [9.17, 15) is 4.79 Å². The molecule has 0 saturated heterocycles. The number of hydrogen-bond acceptors (Lipinski definition) is 3. The fourth-order valence-corrected chi connectivity index (χ4v) is 1.17. The van der Waals surface area contributed by atoms with Gasteiger partial charge >= 0.3 is 0 Å². The molecule has 0 atom stereocenters. The predicted octanol–water partition coefficient (Wildman–Crippen LogP) is 1.66. The third-order valence-corrected chi connectivity index (χ3v) is 1.36. The normalized spacial score (nSPS) is 12.3. The van der Waals surface area contributed by atoms with Crippen molar-refractivity contribution in [2.45, 2.75) is 13.8 Å². The van der Waals surface area contributed by atoms with Gasteiger partial charge in [-0.15, -0.1) is 12.6 Å².